The molecule has 2 aliphatic carbocycles. The summed E-state index contributed by atoms with van der Waals surface area (Å²) in [5.74, 6) is 0.898. The number of allylic oxidation sites excluding steroid dienone is 2. The molecule has 0 heterocycles. The van der Waals surface area contributed by atoms with Crippen molar-refractivity contribution in [2.75, 3.05) is 11.8 Å². The summed E-state index contributed by atoms with van der Waals surface area (Å²) in [6, 6.07) is 12.6. The normalized spacial score (nSPS) is 21.3. The molecule has 2 aromatic rings. The predicted octanol–water partition coefficient (Wildman–Crippen LogP) is 3.18. The van der Waals surface area contributed by atoms with Gasteiger partial charge in [-0.05, 0) is 49.1 Å². The van der Waals surface area contributed by atoms with E-state index in [-0.39, 0.29) is 10.5 Å². The van der Waals surface area contributed by atoms with Crippen molar-refractivity contribution < 1.29 is 17.9 Å². The number of hydrogen-bond donors (Lipinski definition) is 2. The molecule has 4 rings (SSSR count). The van der Waals surface area contributed by atoms with Crippen molar-refractivity contribution >= 4 is 27.3 Å². The number of para-hydroxylation sites is 2. The van der Waals surface area contributed by atoms with E-state index in [1.165, 1.54) is 25.3 Å². The maximum Gasteiger partial charge on any atom is 0.271 e. The molecule has 0 aromatic heterocycles. The van der Waals surface area contributed by atoms with Gasteiger partial charge in [0.1, 0.15) is 5.75 Å². The second-order valence-corrected chi connectivity index (χ2v) is 8.70. The van der Waals surface area contributed by atoms with Crippen LogP contribution >= 0.6 is 0 Å². The highest BCUT2D eigenvalue weighted by Crippen LogP contribution is 2.40. The van der Waals surface area contributed by atoms with Crippen molar-refractivity contribution in [3.8, 4) is 5.75 Å². The van der Waals surface area contributed by atoms with Gasteiger partial charge in [0.15, 0.2) is 0 Å². The van der Waals surface area contributed by atoms with E-state index in [9.17, 15) is 13.2 Å². The summed E-state index contributed by atoms with van der Waals surface area (Å²) in [4.78, 5) is 12.4. The minimum Gasteiger partial charge on any atom is -0.495 e. The Labute approximate surface area is 169 Å². The topological polar surface area (TPSA) is 96.9 Å². The first kappa shape index (κ1) is 19.2. The number of carbonyl (C=O) groups excluding carboxylic acids is 1. The Bertz CT molecular complexity index is 1110. The number of nitrogens with one attached hydrogen (secondary N) is 2. The number of methoxy groups -OCH3 is 1. The van der Waals surface area contributed by atoms with Crippen molar-refractivity contribution in [3.05, 3.63) is 66.2 Å². The van der Waals surface area contributed by atoms with Crippen LogP contribution in [0.3, 0.4) is 0 Å². The quantitative estimate of drug-likeness (QED) is 0.564. The second kappa shape index (κ2) is 7.71. The number of benzene rings is 2. The average molecular weight is 411 g/mol. The fourth-order valence-electron chi connectivity index (χ4n) is 3.59. The van der Waals surface area contributed by atoms with E-state index in [1.807, 2.05) is 0 Å². The van der Waals surface area contributed by atoms with Gasteiger partial charge in [0.25, 0.3) is 15.9 Å². The Balaban J connectivity index is 1.49. The third-order valence-electron chi connectivity index (χ3n) is 5.22. The lowest BCUT2D eigenvalue weighted by Crippen LogP contribution is -2.35. The van der Waals surface area contributed by atoms with E-state index in [4.69, 9.17) is 4.74 Å². The van der Waals surface area contributed by atoms with Crippen molar-refractivity contribution in [1.29, 1.82) is 0 Å². The number of ether oxygens (including phenoxy) is 1. The molecule has 2 aromatic carbocycles. The van der Waals surface area contributed by atoms with Crippen LogP contribution in [-0.2, 0) is 10.0 Å². The highest BCUT2D eigenvalue weighted by Gasteiger charge is 2.38. The SMILES string of the molecule is COc1ccccc1NS(=O)(=O)c1cccc(C(=O)N/N=C2/C[C@@H]3C=CC[C@@H]23)c1. The summed E-state index contributed by atoms with van der Waals surface area (Å²) in [5, 5.41) is 4.23. The number of amides is 1. The number of nitrogens with zero attached hydrogens (tertiary/aromatic N) is 1. The Hall–Kier alpha value is -3.13. The van der Waals surface area contributed by atoms with Crippen LogP contribution in [-0.4, -0.2) is 27.1 Å². The fourth-order valence-corrected chi connectivity index (χ4v) is 4.70. The Kier molecular flexibility index (Phi) is 5.10. The number of fused-ring (bicyclic) bond motifs is 1. The molecule has 0 spiro atoms. The van der Waals surface area contributed by atoms with Crippen molar-refractivity contribution in [2.45, 2.75) is 17.7 Å². The molecule has 0 unspecified atom stereocenters. The van der Waals surface area contributed by atoms with Crippen LogP contribution in [0.4, 0.5) is 5.69 Å². The van der Waals surface area contributed by atoms with E-state index in [0.29, 0.717) is 23.3 Å². The molecule has 8 heteroatoms. The smallest absolute Gasteiger partial charge is 0.271 e. The number of rotatable bonds is 6. The number of anilines is 1. The highest BCUT2D eigenvalue weighted by molar-refractivity contribution is 7.92. The van der Waals surface area contributed by atoms with E-state index in [0.717, 1.165) is 18.6 Å². The molecule has 2 atom stereocenters. The molecule has 1 fully saturated rings. The minimum absolute atomic E-state index is 0.0209. The fraction of sp³-hybridized carbons (Fsp3) is 0.238. The molecule has 0 bridgehead atoms. The van der Waals surface area contributed by atoms with E-state index < -0.39 is 15.9 Å². The summed E-state index contributed by atoms with van der Waals surface area (Å²) in [6.07, 6.45) is 6.15. The van der Waals surface area contributed by atoms with Crippen LogP contribution < -0.4 is 14.9 Å². The van der Waals surface area contributed by atoms with E-state index >= 15 is 0 Å². The highest BCUT2D eigenvalue weighted by atomic mass is 32.2. The zero-order valence-electron chi connectivity index (χ0n) is 15.8. The minimum atomic E-state index is -3.89. The summed E-state index contributed by atoms with van der Waals surface area (Å²) in [7, 11) is -2.43. The summed E-state index contributed by atoms with van der Waals surface area (Å²) < 4.78 is 33.2. The first-order valence-corrected chi connectivity index (χ1v) is 10.8. The van der Waals surface area contributed by atoms with Crippen LogP contribution in [0.15, 0.2) is 70.7 Å². The molecule has 2 N–H and O–H groups in total. The lowest BCUT2D eigenvalue weighted by Gasteiger charge is -2.31. The molecule has 2 aliphatic rings. The molecule has 0 aliphatic heterocycles. The second-order valence-electron chi connectivity index (χ2n) is 7.02. The van der Waals surface area contributed by atoms with Gasteiger partial charge in [0.2, 0.25) is 0 Å². The van der Waals surface area contributed by atoms with Crippen LogP contribution in [0.5, 0.6) is 5.75 Å². The van der Waals surface area contributed by atoms with Gasteiger partial charge in [0.05, 0.1) is 17.7 Å². The standard InChI is InChI=1S/C21H21N3O4S/c1-28-20-11-3-2-10-18(20)24-29(26,27)16-8-4-7-15(12-16)21(25)23-22-19-13-14-6-5-9-17(14)19/h2-8,10-12,14,17,24H,9,13H2,1H3,(H,23,25)/b22-19-/t14-,17+/m0/s1. The third-order valence-corrected chi connectivity index (χ3v) is 6.59. The monoisotopic (exact) mass is 411 g/mol. The number of sulfonamides is 1. The summed E-state index contributed by atoms with van der Waals surface area (Å²) in [5.41, 5.74) is 4.07. The molecular formula is C21H21N3O4S. The molecule has 0 radical (unpaired) electrons. The maximum absolute atomic E-state index is 12.8. The predicted molar refractivity (Wildman–Crippen MR) is 110 cm³/mol. The number of hydrogen-bond acceptors (Lipinski definition) is 5. The van der Waals surface area contributed by atoms with Gasteiger partial charge in [-0.2, -0.15) is 5.10 Å². The molecule has 7 nitrogen and oxygen atoms in total. The lowest BCUT2D eigenvalue weighted by molar-refractivity contribution is 0.0953. The van der Waals surface area contributed by atoms with Gasteiger partial charge in [-0.15, -0.1) is 0 Å². The summed E-state index contributed by atoms with van der Waals surface area (Å²) in [6.45, 7) is 0. The zero-order chi connectivity index (χ0) is 20.4. The van der Waals surface area contributed by atoms with Crippen LogP contribution in [0.2, 0.25) is 0 Å². The van der Waals surface area contributed by atoms with Gasteiger partial charge in [-0.1, -0.05) is 30.4 Å². The first-order chi connectivity index (χ1) is 14.0. The van der Waals surface area contributed by atoms with Gasteiger partial charge < -0.3 is 4.74 Å². The zero-order valence-corrected chi connectivity index (χ0v) is 16.6. The van der Waals surface area contributed by atoms with Crippen LogP contribution in [0.25, 0.3) is 0 Å². The Morgan fingerprint density at radius 2 is 2.00 bits per heavy atom. The summed E-state index contributed by atoms with van der Waals surface area (Å²) >= 11 is 0. The number of hydrazone groups is 1. The molecule has 1 saturated carbocycles. The number of carbonyl (C=O) groups is 1. The Morgan fingerprint density at radius 3 is 2.79 bits per heavy atom. The first-order valence-electron chi connectivity index (χ1n) is 9.27. The van der Waals surface area contributed by atoms with Gasteiger partial charge in [-0.25, -0.2) is 13.8 Å². The molecule has 0 saturated heterocycles. The molecule has 29 heavy (non-hydrogen) atoms. The van der Waals surface area contributed by atoms with E-state index in [2.05, 4.69) is 27.4 Å². The average Bonchev–Trinajstić information content (AvgIpc) is 3.09. The van der Waals surface area contributed by atoms with Crippen molar-refractivity contribution in [1.82, 2.24) is 5.43 Å². The van der Waals surface area contributed by atoms with Crippen molar-refractivity contribution in [2.24, 2.45) is 16.9 Å². The maximum atomic E-state index is 12.8. The molecular weight excluding hydrogens is 390 g/mol. The van der Waals surface area contributed by atoms with Crippen LogP contribution in [0, 0.1) is 11.8 Å². The lowest BCUT2D eigenvalue weighted by atomic mass is 9.74. The molecule has 150 valence electrons. The largest absolute Gasteiger partial charge is 0.495 e. The van der Waals surface area contributed by atoms with Crippen LogP contribution in [0.1, 0.15) is 23.2 Å². The molecule has 1 amide bonds. The van der Waals surface area contributed by atoms with E-state index in [1.54, 1.807) is 30.3 Å². The van der Waals surface area contributed by atoms with Gasteiger partial charge in [0, 0.05) is 17.2 Å². The van der Waals surface area contributed by atoms with Gasteiger partial charge in [-0.3, -0.25) is 9.52 Å². The third kappa shape index (κ3) is 3.88. The Morgan fingerprint density at radius 1 is 1.17 bits per heavy atom. The van der Waals surface area contributed by atoms with Crippen molar-refractivity contribution in [3.63, 3.8) is 0 Å². The van der Waals surface area contributed by atoms with Gasteiger partial charge >= 0.3 is 0 Å².